The summed E-state index contributed by atoms with van der Waals surface area (Å²) in [6.45, 7) is 2.61. The van der Waals surface area contributed by atoms with Gasteiger partial charge in [0.05, 0.1) is 6.04 Å². The lowest BCUT2D eigenvalue weighted by molar-refractivity contribution is -0.122. The van der Waals surface area contributed by atoms with Crippen molar-refractivity contribution in [2.24, 2.45) is 5.73 Å². The lowest BCUT2D eigenvalue weighted by Gasteiger charge is -2.21. The Bertz CT molecular complexity index is 404. The van der Waals surface area contributed by atoms with Gasteiger partial charge in [0.1, 0.15) is 5.75 Å². The van der Waals surface area contributed by atoms with Crippen molar-refractivity contribution in [1.29, 1.82) is 0 Å². The van der Waals surface area contributed by atoms with Crippen LogP contribution in [-0.4, -0.2) is 48.6 Å². The first kappa shape index (κ1) is 15.5. The summed E-state index contributed by atoms with van der Waals surface area (Å²) in [5.74, 6) is 0.0587. The van der Waals surface area contributed by atoms with E-state index in [-0.39, 0.29) is 17.7 Å². The van der Waals surface area contributed by atoms with Gasteiger partial charge < -0.3 is 21.1 Å². The van der Waals surface area contributed by atoms with Crippen LogP contribution in [0.4, 0.5) is 0 Å². The zero-order valence-corrected chi connectivity index (χ0v) is 11.8. The zero-order valence-electron chi connectivity index (χ0n) is 11.8. The van der Waals surface area contributed by atoms with Crippen molar-refractivity contribution in [2.45, 2.75) is 25.4 Å². The Morgan fingerprint density at radius 2 is 1.95 bits per heavy atom. The van der Waals surface area contributed by atoms with Gasteiger partial charge in [0.2, 0.25) is 5.91 Å². The van der Waals surface area contributed by atoms with E-state index in [1.165, 1.54) is 0 Å². The molecule has 0 aromatic heterocycles. The highest BCUT2D eigenvalue weighted by Gasteiger charge is 2.15. The Kier molecular flexibility index (Phi) is 5.79. The molecule has 0 spiro atoms. The van der Waals surface area contributed by atoms with Crippen molar-refractivity contribution in [3.8, 4) is 5.75 Å². The molecule has 0 heterocycles. The van der Waals surface area contributed by atoms with Crippen molar-refractivity contribution in [1.82, 2.24) is 10.2 Å². The largest absolute Gasteiger partial charge is 0.508 e. The highest BCUT2D eigenvalue weighted by atomic mass is 16.3. The Labute approximate surface area is 114 Å². The van der Waals surface area contributed by atoms with E-state index in [0.29, 0.717) is 13.0 Å². The van der Waals surface area contributed by atoms with Crippen molar-refractivity contribution in [3.05, 3.63) is 29.8 Å². The van der Waals surface area contributed by atoms with Gasteiger partial charge in [-0.2, -0.15) is 0 Å². The predicted octanol–water partition coefficient (Wildman–Crippen LogP) is 0.328. The summed E-state index contributed by atoms with van der Waals surface area (Å²) in [5, 5.41) is 12.0. The molecule has 4 N–H and O–H groups in total. The number of hydrogen-bond donors (Lipinski definition) is 3. The third-order valence-corrected chi connectivity index (χ3v) is 3.18. The highest BCUT2D eigenvalue weighted by Crippen LogP contribution is 2.10. The van der Waals surface area contributed by atoms with E-state index in [4.69, 9.17) is 5.73 Å². The second-order valence-electron chi connectivity index (χ2n) is 5.03. The Morgan fingerprint density at radius 1 is 1.37 bits per heavy atom. The number of hydrogen-bond acceptors (Lipinski definition) is 4. The van der Waals surface area contributed by atoms with Crippen LogP contribution in [0.25, 0.3) is 0 Å². The van der Waals surface area contributed by atoms with E-state index >= 15 is 0 Å². The Balaban J connectivity index is 2.42. The fraction of sp³-hybridized carbons (Fsp3) is 0.500. The number of carbonyl (C=O) groups excluding carboxylic acids is 1. The number of phenols is 1. The summed E-state index contributed by atoms with van der Waals surface area (Å²) in [6, 6.07) is 6.42. The van der Waals surface area contributed by atoms with Crippen molar-refractivity contribution >= 4 is 5.91 Å². The molecule has 0 saturated carbocycles. The highest BCUT2D eigenvalue weighted by molar-refractivity contribution is 5.81. The Hall–Kier alpha value is -1.59. The smallest absolute Gasteiger partial charge is 0.237 e. The molecule has 2 unspecified atom stereocenters. The Morgan fingerprint density at radius 3 is 2.47 bits per heavy atom. The summed E-state index contributed by atoms with van der Waals surface area (Å²) in [6.07, 6.45) is 0.461. The zero-order chi connectivity index (χ0) is 14.4. The van der Waals surface area contributed by atoms with Gasteiger partial charge in [-0.1, -0.05) is 12.1 Å². The van der Waals surface area contributed by atoms with Gasteiger partial charge in [0.25, 0.3) is 0 Å². The molecule has 0 fully saturated rings. The standard InChI is InChI=1S/C14H23N3O2/c1-10(17(2)3)9-16-14(19)13(15)8-11-4-6-12(18)7-5-11/h4-7,10,13,18H,8-9,15H2,1-3H3,(H,16,19). The van der Waals surface area contributed by atoms with Gasteiger partial charge in [0.15, 0.2) is 0 Å². The number of phenolic OH excluding ortho intramolecular Hbond substituents is 1. The molecule has 19 heavy (non-hydrogen) atoms. The number of nitrogens with two attached hydrogens (primary N) is 1. The van der Waals surface area contributed by atoms with Crippen LogP contribution in [0.5, 0.6) is 5.75 Å². The van der Waals surface area contributed by atoms with E-state index in [1.807, 2.05) is 25.9 Å². The fourth-order valence-electron chi connectivity index (χ4n) is 1.54. The van der Waals surface area contributed by atoms with Crippen LogP contribution in [0.15, 0.2) is 24.3 Å². The van der Waals surface area contributed by atoms with Gasteiger partial charge in [-0.05, 0) is 45.1 Å². The molecular weight excluding hydrogens is 242 g/mol. The molecule has 1 rings (SSSR count). The maximum absolute atomic E-state index is 11.8. The minimum atomic E-state index is -0.570. The average molecular weight is 265 g/mol. The summed E-state index contributed by atoms with van der Waals surface area (Å²) in [7, 11) is 3.93. The number of rotatable bonds is 6. The number of amides is 1. The molecule has 0 aliphatic rings. The third kappa shape index (κ3) is 5.28. The molecule has 0 aliphatic carbocycles. The number of aromatic hydroxyl groups is 1. The van der Waals surface area contributed by atoms with Crippen molar-refractivity contribution in [2.75, 3.05) is 20.6 Å². The molecule has 1 aromatic rings. The summed E-state index contributed by atoms with van der Waals surface area (Å²) < 4.78 is 0. The molecule has 5 nitrogen and oxygen atoms in total. The van der Waals surface area contributed by atoms with Gasteiger partial charge in [-0.25, -0.2) is 0 Å². The van der Waals surface area contributed by atoms with E-state index in [0.717, 1.165) is 5.56 Å². The van der Waals surface area contributed by atoms with Crippen molar-refractivity contribution in [3.63, 3.8) is 0 Å². The molecule has 1 aromatic carbocycles. The van der Waals surface area contributed by atoms with Gasteiger partial charge in [0, 0.05) is 12.6 Å². The van der Waals surface area contributed by atoms with E-state index < -0.39 is 6.04 Å². The number of benzene rings is 1. The molecule has 0 radical (unpaired) electrons. The molecule has 1 amide bonds. The minimum Gasteiger partial charge on any atom is -0.508 e. The lowest BCUT2D eigenvalue weighted by Crippen LogP contribution is -2.46. The molecular formula is C14H23N3O2. The average Bonchev–Trinajstić information content (AvgIpc) is 2.37. The molecule has 2 atom stereocenters. The normalized spacial score (nSPS) is 14.2. The van der Waals surface area contributed by atoms with E-state index in [2.05, 4.69) is 5.32 Å². The van der Waals surface area contributed by atoms with Gasteiger partial charge in [-0.15, -0.1) is 0 Å². The molecule has 5 heteroatoms. The van der Waals surface area contributed by atoms with Crippen LogP contribution in [0, 0.1) is 0 Å². The van der Waals surface area contributed by atoms with Crippen LogP contribution >= 0.6 is 0 Å². The number of carbonyl (C=O) groups is 1. The minimum absolute atomic E-state index is 0.151. The first-order valence-electron chi connectivity index (χ1n) is 6.37. The van der Waals surface area contributed by atoms with Crippen LogP contribution in [-0.2, 0) is 11.2 Å². The summed E-state index contributed by atoms with van der Waals surface area (Å²) in [4.78, 5) is 13.9. The van der Waals surface area contributed by atoms with Crippen molar-refractivity contribution < 1.29 is 9.90 Å². The van der Waals surface area contributed by atoms with E-state index in [9.17, 15) is 9.90 Å². The second-order valence-corrected chi connectivity index (χ2v) is 5.03. The maximum Gasteiger partial charge on any atom is 0.237 e. The van der Waals surface area contributed by atoms with Crippen LogP contribution in [0.3, 0.4) is 0 Å². The fourth-order valence-corrected chi connectivity index (χ4v) is 1.54. The maximum atomic E-state index is 11.8. The summed E-state index contributed by atoms with van der Waals surface area (Å²) in [5.41, 5.74) is 6.79. The van der Waals surface area contributed by atoms with Crippen LogP contribution in [0.1, 0.15) is 12.5 Å². The third-order valence-electron chi connectivity index (χ3n) is 3.18. The number of nitrogens with one attached hydrogen (secondary N) is 1. The monoisotopic (exact) mass is 265 g/mol. The SMILES string of the molecule is CC(CNC(=O)C(N)Cc1ccc(O)cc1)N(C)C. The summed E-state index contributed by atoms with van der Waals surface area (Å²) >= 11 is 0. The topological polar surface area (TPSA) is 78.6 Å². The number of nitrogens with zero attached hydrogens (tertiary/aromatic N) is 1. The molecule has 0 saturated heterocycles. The molecule has 0 bridgehead atoms. The van der Waals surface area contributed by atoms with Gasteiger partial charge >= 0.3 is 0 Å². The first-order valence-corrected chi connectivity index (χ1v) is 6.37. The number of likely N-dealkylation sites (N-methyl/N-ethyl adjacent to an activating group) is 1. The molecule has 0 aliphatic heterocycles. The lowest BCUT2D eigenvalue weighted by atomic mass is 10.1. The van der Waals surface area contributed by atoms with Crippen LogP contribution < -0.4 is 11.1 Å². The van der Waals surface area contributed by atoms with E-state index in [1.54, 1.807) is 24.3 Å². The second kappa shape index (κ2) is 7.11. The molecule has 106 valence electrons. The first-order chi connectivity index (χ1) is 8.90. The van der Waals surface area contributed by atoms with Gasteiger partial charge in [-0.3, -0.25) is 4.79 Å². The van der Waals surface area contributed by atoms with Crippen LogP contribution in [0.2, 0.25) is 0 Å². The predicted molar refractivity (Wildman–Crippen MR) is 75.9 cm³/mol. The quantitative estimate of drug-likeness (QED) is 0.692.